The Bertz CT molecular complexity index is 545. The van der Waals surface area contributed by atoms with Crippen molar-refractivity contribution in [2.24, 2.45) is 0 Å². The summed E-state index contributed by atoms with van der Waals surface area (Å²) < 4.78 is 14.1. The third kappa shape index (κ3) is 1.93. The second kappa shape index (κ2) is 4.22. The van der Waals surface area contributed by atoms with Gasteiger partial charge in [0, 0.05) is 11.3 Å². The second-order valence-corrected chi connectivity index (χ2v) is 4.87. The van der Waals surface area contributed by atoms with Gasteiger partial charge < -0.3 is 5.11 Å². The van der Waals surface area contributed by atoms with Crippen LogP contribution in [0.1, 0.15) is 16.9 Å². The maximum atomic E-state index is 13.5. The van der Waals surface area contributed by atoms with Gasteiger partial charge in [-0.3, -0.25) is 4.79 Å². The Labute approximate surface area is 96.3 Å². The van der Waals surface area contributed by atoms with E-state index >= 15 is 0 Å². The number of hydrogen-bond acceptors (Lipinski definition) is 2. The van der Waals surface area contributed by atoms with Crippen molar-refractivity contribution >= 4 is 27.4 Å². The van der Waals surface area contributed by atoms with E-state index < -0.39 is 5.97 Å². The smallest absolute Gasteiger partial charge is 0.303 e. The molecule has 1 aromatic carbocycles. The van der Waals surface area contributed by atoms with E-state index in [0.717, 1.165) is 15.8 Å². The summed E-state index contributed by atoms with van der Waals surface area (Å²) in [7, 11) is 0. The van der Waals surface area contributed by atoms with E-state index in [1.165, 1.54) is 17.4 Å². The first-order valence-corrected chi connectivity index (χ1v) is 5.79. The summed E-state index contributed by atoms with van der Waals surface area (Å²) in [4.78, 5) is 11.5. The van der Waals surface area contributed by atoms with Crippen molar-refractivity contribution < 1.29 is 14.3 Å². The predicted molar refractivity (Wildman–Crippen MR) is 62.5 cm³/mol. The summed E-state index contributed by atoms with van der Waals surface area (Å²) in [5.74, 6) is -1.05. The van der Waals surface area contributed by atoms with Crippen LogP contribution in [0.5, 0.6) is 0 Å². The van der Waals surface area contributed by atoms with Crippen LogP contribution in [0.3, 0.4) is 0 Å². The Morgan fingerprint density at radius 3 is 2.94 bits per heavy atom. The molecule has 0 radical (unpaired) electrons. The fourth-order valence-corrected chi connectivity index (χ4v) is 2.91. The Morgan fingerprint density at radius 2 is 2.25 bits per heavy atom. The number of aryl methyl sites for hydroxylation is 2. The van der Waals surface area contributed by atoms with E-state index in [2.05, 4.69) is 0 Å². The fourth-order valence-electron chi connectivity index (χ4n) is 1.80. The minimum Gasteiger partial charge on any atom is -0.481 e. The molecule has 2 rings (SSSR count). The summed E-state index contributed by atoms with van der Waals surface area (Å²) in [6.07, 6.45) is 0.549. The SMILES string of the molecule is Cc1sc2c(F)cccc2c1CCC(=O)O. The normalized spacial score (nSPS) is 10.9. The molecule has 0 unspecified atom stereocenters. The molecule has 2 aromatic rings. The Kier molecular flexibility index (Phi) is 2.92. The zero-order valence-corrected chi connectivity index (χ0v) is 9.60. The lowest BCUT2D eigenvalue weighted by Crippen LogP contribution is -1.97. The van der Waals surface area contributed by atoms with Crippen molar-refractivity contribution in [2.45, 2.75) is 19.8 Å². The van der Waals surface area contributed by atoms with Crippen LogP contribution in [-0.2, 0) is 11.2 Å². The summed E-state index contributed by atoms with van der Waals surface area (Å²) in [6, 6.07) is 4.94. The van der Waals surface area contributed by atoms with Crippen LogP contribution in [0.15, 0.2) is 18.2 Å². The molecular formula is C12H11FO2S. The van der Waals surface area contributed by atoms with Gasteiger partial charge in [0.05, 0.1) is 4.70 Å². The minimum atomic E-state index is -0.824. The van der Waals surface area contributed by atoms with E-state index in [4.69, 9.17) is 5.11 Å². The molecule has 0 aliphatic carbocycles. The van der Waals surface area contributed by atoms with E-state index in [-0.39, 0.29) is 12.2 Å². The van der Waals surface area contributed by atoms with Crippen molar-refractivity contribution in [3.05, 3.63) is 34.5 Å². The molecule has 0 spiro atoms. The summed E-state index contributed by atoms with van der Waals surface area (Å²) >= 11 is 1.39. The predicted octanol–water partition coefficient (Wildman–Crippen LogP) is 3.37. The quantitative estimate of drug-likeness (QED) is 0.890. The highest BCUT2D eigenvalue weighted by atomic mass is 32.1. The molecular weight excluding hydrogens is 227 g/mol. The van der Waals surface area contributed by atoms with Gasteiger partial charge in [0.25, 0.3) is 0 Å². The average Bonchev–Trinajstić information content (AvgIpc) is 2.53. The standard InChI is InChI=1S/C12H11FO2S/c1-7-8(5-6-11(14)15)9-3-2-4-10(13)12(9)16-7/h2-4H,5-6H2,1H3,(H,14,15). The highest BCUT2D eigenvalue weighted by Crippen LogP contribution is 2.33. The van der Waals surface area contributed by atoms with Gasteiger partial charge in [0.15, 0.2) is 0 Å². The van der Waals surface area contributed by atoms with Crippen molar-refractivity contribution in [3.8, 4) is 0 Å². The maximum absolute atomic E-state index is 13.5. The van der Waals surface area contributed by atoms with E-state index in [1.54, 1.807) is 6.07 Å². The Hall–Kier alpha value is -1.42. The first kappa shape index (κ1) is 11.1. The Balaban J connectivity index is 2.48. The number of carboxylic acids is 1. The van der Waals surface area contributed by atoms with Gasteiger partial charge in [-0.05, 0) is 30.4 Å². The van der Waals surface area contributed by atoms with Crippen LogP contribution in [-0.4, -0.2) is 11.1 Å². The van der Waals surface area contributed by atoms with E-state index in [9.17, 15) is 9.18 Å². The molecule has 4 heteroatoms. The number of halogens is 1. The lowest BCUT2D eigenvalue weighted by molar-refractivity contribution is -0.136. The van der Waals surface area contributed by atoms with E-state index in [1.807, 2.05) is 13.0 Å². The van der Waals surface area contributed by atoms with Gasteiger partial charge in [0.2, 0.25) is 0 Å². The number of carboxylic acid groups (broad SMARTS) is 1. The molecule has 2 nitrogen and oxygen atoms in total. The fraction of sp³-hybridized carbons (Fsp3) is 0.250. The summed E-state index contributed by atoms with van der Waals surface area (Å²) in [6.45, 7) is 1.90. The highest BCUT2D eigenvalue weighted by molar-refractivity contribution is 7.19. The largest absolute Gasteiger partial charge is 0.481 e. The van der Waals surface area contributed by atoms with Crippen LogP contribution in [0.4, 0.5) is 4.39 Å². The van der Waals surface area contributed by atoms with Crippen molar-refractivity contribution in [3.63, 3.8) is 0 Å². The zero-order valence-electron chi connectivity index (χ0n) is 8.79. The molecule has 0 aliphatic rings. The van der Waals surface area contributed by atoms with Gasteiger partial charge in [-0.25, -0.2) is 4.39 Å². The van der Waals surface area contributed by atoms with Crippen LogP contribution < -0.4 is 0 Å². The van der Waals surface area contributed by atoms with E-state index in [0.29, 0.717) is 11.1 Å². The number of thiophene rings is 1. The summed E-state index contributed by atoms with van der Waals surface area (Å²) in [5.41, 5.74) is 0.960. The first-order chi connectivity index (χ1) is 7.59. The summed E-state index contributed by atoms with van der Waals surface area (Å²) in [5, 5.41) is 9.51. The molecule has 0 saturated heterocycles. The zero-order chi connectivity index (χ0) is 11.7. The van der Waals surface area contributed by atoms with Gasteiger partial charge >= 0.3 is 5.97 Å². The van der Waals surface area contributed by atoms with Gasteiger partial charge in [-0.1, -0.05) is 12.1 Å². The lowest BCUT2D eigenvalue weighted by Gasteiger charge is -1.98. The molecule has 0 saturated carbocycles. The molecule has 84 valence electrons. The van der Waals surface area contributed by atoms with Gasteiger partial charge in [-0.15, -0.1) is 11.3 Å². The number of aliphatic carboxylic acids is 1. The van der Waals surface area contributed by atoms with Crippen molar-refractivity contribution in [2.75, 3.05) is 0 Å². The minimum absolute atomic E-state index is 0.0865. The van der Waals surface area contributed by atoms with Gasteiger partial charge in [-0.2, -0.15) is 0 Å². The van der Waals surface area contributed by atoms with Gasteiger partial charge in [0.1, 0.15) is 5.82 Å². The molecule has 0 aliphatic heterocycles. The van der Waals surface area contributed by atoms with Crippen LogP contribution in [0.25, 0.3) is 10.1 Å². The molecule has 1 aromatic heterocycles. The molecule has 1 N–H and O–H groups in total. The van der Waals surface area contributed by atoms with Crippen molar-refractivity contribution in [1.82, 2.24) is 0 Å². The average molecular weight is 238 g/mol. The molecule has 0 fully saturated rings. The highest BCUT2D eigenvalue weighted by Gasteiger charge is 2.12. The monoisotopic (exact) mass is 238 g/mol. The van der Waals surface area contributed by atoms with Crippen LogP contribution in [0.2, 0.25) is 0 Å². The number of rotatable bonds is 3. The third-order valence-electron chi connectivity index (χ3n) is 2.56. The van der Waals surface area contributed by atoms with Crippen LogP contribution in [0, 0.1) is 12.7 Å². The van der Waals surface area contributed by atoms with Crippen LogP contribution >= 0.6 is 11.3 Å². The number of carbonyl (C=O) groups is 1. The van der Waals surface area contributed by atoms with Crippen molar-refractivity contribution in [1.29, 1.82) is 0 Å². The molecule has 0 atom stereocenters. The molecule has 0 amide bonds. The molecule has 16 heavy (non-hydrogen) atoms. The number of benzene rings is 1. The maximum Gasteiger partial charge on any atom is 0.303 e. The lowest BCUT2D eigenvalue weighted by atomic mass is 10.1. The number of hydrogen-bond donors (Lipinski definition) is 1. The molecule has 0 bridgehead atoms. The topological polar surface area (TPSA) is 37.3 Å². The first-order valence-electron chi connectivity index (χ1n) is 4.98. The Morgan fingerprint density at radius 1 is 1.50 bits per heavy atom. The molecule has 1 heterocycles. The third-order valence-corrected chi connectivity index (χ3v) is 3.73. The number of fused-ring (bicyclic) bond motifs is 1. The second-order valence-electron chi connectivity index (χ2n) is 3.65.